The largest absolute Gasteiger partial charge is 0.504 e. The molecular formula is C25H22ClN6O8S2+. The maximum absolute atomic E-state index is 13.2. The fraction of sp³-hybridized carbons (Fsp3) is 0.240. The van der Waals surface area contributed by atoms with E-state index in [0.717, 1.165) is 11.3 Å². The number of benzene rings is 1. The van der Waals surface area contributed by atoms with E-state index in [9.17, 15) is 29.4 Å². The molecule has 2 unspecified atom stereocenters. The fourth-order valence-electron chi connectivity index (χ4n) is 4.34. The van der Waals surface area contributed by atoms with Crippen LogP contribution < -0.4 is 15.6 Å². The number of thiazole rings is 1. The van der Waals surface area contributed by atoms with Crippen molar-refractivity contribution in [2.24, 2.45) is 5.16 Å². The summed E-state index contributed by atoms with van der Waals surface area (Å²) in [6, 6.07) is 3.58. The lowest BCUT2D eigenvalue weighted by Gasteiger charge is -2.49. The van der Waals surface area contributed by atoms with Gasteiger partial charge in [-0.25, -0.2) is 14.3 Å². The van der Waals surface area contributed by atoms with Gasteiger partial charge in [-0.2, -0.15) is 0 Å². The summed E-state index contributed by atoms with van der Waals surface area (Å²) in [6.07, 6.45) is 2.69. The number of nitrogens with zero attached hydrogens (tertiary/aromatic N) is 4. The van der Waals surface area contributed by atoms with Gasteiger partial charge in [0, 0.05) is 22.8 Å². The van der Waals surface area contributed by atoms with Gasteiger partial charge in [-0.1, -0.05) is 28.1 Å². The Hall–Kier alpha value is -4.41. The van der Waals surface area contributed by atoms with Crippen molar-refractivity contribution in [2.45, 2.75) is 31.0 Å². The maximum Gasteiger partial charge on any atom is 0.347 e. The number of rotatable bonds is 9. The van der Waals surface area contributed by atoms with E-state index >= 15 is 0 Å². The molecular weight excluding hydrogens is 612 g/mol. The van der Waals surface area contributed by atoms with Crippen LogP contribution in [-0.2, 0) is 30.6 Å². The van der Waals surface area contributed by atoms with Gasteiger partial charge in [-0.15, -0.1) is 11.8 Å². The molecule has 1 fully saturated rings. The van der Waals surface area contributed by atoms with E-state index in [-0.39, 0.29) is 38.9 Å². The highest BCUT2D eigenvalue weighted by Gasteiger charge is 2.53. The quantitative estimate of drug-likeness (QED) is 0.0560. The van der Waals surface area contributed by atoms with Crippen molar-refractivity contribution in [1.29, 1.82) is 0 Å². The molecule has 6 N–H and O–H groups in total. The summed E-state index contributed by atoms with van der Waals surface area (Å²) in [6.45, 7) is 1.48. The number of aliphatic carboxylic acids is 1. The topological polar surface area (TPSA) is 209 Å². The second kappa shape index (κ2) is 11.5. The number of nitrogens with one attached hydrogen (secondary N) is 1. The number of hydrogen-bond acceptors (Lipinski definition) is 12. The summed E-state index contributed by atoms with van der Waals surface area (Å²) in [5, 5.41) is 35.7. The molecule has 14 nitrogen and oxygen atoms in total. The van der Waals surface area contributed by atoms with Crippen LogP contribution in [0.15, 0.2) is 47.0 Å². The van der Waals surface area contributed by atoms with Gasteiger partial charge in [0.15, 0.2) is 47.6 Å². The highest BCUT2D eigenvalue weighted by Crippen LogP contribution is 2.40. The predicted molar refractivity (Wildman–Crippen MR) is 152 cm³/mol. The number of fused-ring (bicyclic) bond motifs is 2. The molecule has 0 bridgehead atoms. The minimum atomic E-state index is -1.39. The molecule has 4 heterocycles. The number of β-lactam (4-membered cyclic amide) rings is 1. The number of aldehydes is 1. The predicted octanol–water partition coefficient (Wildman–Crippen LogP) is 0.978. The molecule has 2 amide bonds. The van der Waals surface area contributed by atoms with Gasteiger partial charge in [-0.3, -0.25) is 19.3 Å². The Balaban J connectivity index is 1.35. The van der Waals surface area contributed by atoms with Crippen LogP contribution in [0.3, 0.4) is 0 Å². The van der Waals surface area contributed by atoms with Crippen LogP contribution in [0.1, 0.15) is 12.6 Å². The van der Waals surface area contributed by atoms with Gasteiger partial charge in [0.25, 0.3) is 11.8 Å². The second-order valence-corrected chi connectivity index (χ2v) is 12.0. The number of aromatic hydroxyl groups is 2. The standard InChI is InChI=1S/C25H21ClN6O8S2/c1-10(24(38)39)40-30-18(17-20(26)42-25(27)29-17)21(36)28-19-22(37)32-14(8-33)13(9-41-23(19)32)7-31-3-2-11-4-15(34)16(35)5-12(11)6-31/h2-6,8,10,19,23H,7,9H2,1H3,(H5,27,28,29,35,36,38,39)/p+1/b30-18-/t10-,19?,23?/m0/s1. The lowest BCUT2D eigenvalue weighted by molar-refractivity contribution is -0.687. The molecule has 0 spiro atoms. The zero-order valence-corrected chi connectivity index (χ0v) is 23.9. The smallest absolute Gasteiger partial charge is 0.347 e. The Morgan fingerprint density at radius 1 is 1.36 bits per heavy atom. The number of halogens is 1. The molecule has 3 atom stereocenters. The molecule has 0 aliphatic carbocycles. The van der Waals surface area contributed by atoms with E-state index in [1.807, 2.05) is 0 Å². The molecule has 1 saturated heterocycles. The van der Waals surface area contributed by atoms with Crippen molar-refractivity contribution >= 4 is 80.4 Å². The number of allylic oxidation sites excluding steroid dienone is 1. The minimum absolute atomic E-state index is 0.00982. The highest BCUT2D eigenvalue weighted by atomic mass is 35.5. The Morgan fingerprint density at radius 2 is 2.07 bits per heavy atom. The highest BCUT2D eigenvalue weighted by molar-refractivity contribution is 8.00. The Morgan fingerprint density at radius 3 is 2.71 bits per heavy atom. The summed E-state index contributed by atoms with van der Waals surface area (Å²) in [4.78, 5) is 59.9. The number of nitrogen functional groups attached to an aromatic ring is 1. The van der Waals surface area contributed by atoms with E-state index in [0.29, 0.717) is 28.4 Å². The summed E-state index contributed by atoms with van der Waals surface area (Å²) < 4.78 is 1.79. The van der Waals surface area contributed by atoms with Gasteiger partial charge >= 0.3 is 5.97 Å². The first-order chi connectivity index (χ1) is 20.0. The Kier molecular flexibility index (Phi) is 7.94. The van der Waals surface area contributed by atoms with E-state index in [2.05, 4.69) is 15.5 Å². The third-order valence-electron chi connectivity index (χ3n) is 6.49. The van der Waals surface area contributed by atoms with Gasteiger partial charge in [0.05, 0.1) is 5.70 Å². The van der Waals surface area contributed by atoms with Crippen molar-refractivity contribution in [3.05, 3.63) is 51.9 Å². The average Bonchev–Trinajstić information content (AvgIpc) is 3.29. The Bertz CT molecular complexity index is 1710. The number of phenols is 2. The number of aromatic nitrogens is 2. The first kappa shape index (κ1) is 29.1. The lowest BCUT2D eigenvalue weighted by Crippen LogP contribution is -2.70. The van der Waals surface area contributed by atoms with Crippen LogP contribution in [0.25, 0.3) is 10.8 Å². The number of nitrogens with two attached hydrogens (primary N) is 1. The molecule has 0 radical (unpaired) electrons. The first-order valence-corrected chi connectivity index (χ1v) is 14.4. The van der Waals surface area contributed by atoms with Crippen LogP contribution in [0.5, 0.6) is 11.5 Å². The maximum atomic E-state index is 13.2. The number of phenolic OH excluding ortho intramolecular Hbond substituents is 2. The lowest BCUT2D eigenvalue weighted by atomic mass is 10.0. The second-order valence-electron chi connectivity index (χ2n) is 9.25. The molecule has 1 aromatic carbocycles. The van der Waals surface area contributed by atoms with E-state index in [1.54, 1.807) is 23.0 Å². The number of amides is 2. The van der Waals surface area contributed by atoms with E-state index in [4.69, 9.17) is 27.3 Å². The first-order valence-electron chi connectivity index (χ1n) is 12.1. The zero-order chi connectivity index (χ0) is 30.3. The van der Waals surface area contributed by atoms with Crippen molar-refractivity contribution in [2.75, 3.05) is 11.5 Å². The van der Waals surface area contributed by atoms with E-state index < -0.39 is 41.0 Å². The molecule has 42 heavy (non-hydrogen) atoms. The van der Waals surface area contributed by atoms with Crippen LogP contribution >= 0.6 is 34.7 Å². The zero-order valence-electron chi connectivity index (χ0n) is 21.6. The SMILES string of the molecule is C[C@H](O/N=C(\C(=O)NC1C(=O)N2C(C=O)=C(C[n+]3ccc4cc(O)c(O)cc4c3)CSC12)c1nc(N)sc1Cl)C(=O)O. The number of pyridine rings is 1. The number of carboxylic acids is 1. The number of oxime groups is 1. The molecule has 17 heteroatoms. The number of carbonyl (C=O) groups excluding carboxylic acids is 3. The number of anilines is 1. The van der Waals surface area contributed by atoms with Crippen LogP contribution in [-0.4, -0.2) is 78.3 Å². The summed E-state index contributed by atoms with van der Waals surface area (Å²) in [5.41, 5.74) is 5.93. The van der Waals surface area contributed by atoms with Gasteiger partial charge in [0.2, 0.25) is 6.10 Å². The number of hydrogen-bond donors (Lipinski definition) is 5. The monoisotopic (exact) mass is 633 g/mol. The molecule has 0 saturated carbocycles. The van der Waals surface area contributed by atoms with Crippen molar-refractivity contribution in [1.82, 2.24) is 15.2 Å². The van der Waals surface area contributed by atoms with Crippen molar-refractivity contribution < 1.29 is 43.9 Å². The van der Waals surface area contributed by atoms with Crippen LogP contribution in [0.4, 0.5) is 5.13 Å². The van der Waals surface area contributed by atoms with Crippen molar-refractivity contribution in [3.8, 4) is 11.5 Å². The summed E-state index contributed by atoms with van der Waals surface area (Å²) >= 11 is 8.35. The molecule has 2 aromatic heterocycles. The third kappa shape index (κ3) is 5.43. The molecule has 218 valence electrons. The summed E-state index contributed by atoms with van der Waals surface area (Å²) in [5.74, 6) is -2.89. The normalized spacial score (nSPS) is 19.2. The van der Waals surface area contributed by atoms with Gasteiger partial charge in [0.1, 0.15) is 21.4 Å². The molecule has 2 aliphatic heterocycles. The van der Waals surface area contributed by atoms with Crippen molar-refractivity contribution in [3.63, 3.8) is 0 Å². The summed E-state index contributed by atoms with van der Waals surface area (Å²) in [7, 11) is 0. The molecule has 5 rings (SSSR count). The third-order valence-corrected chi connectivity index (χ3v) is 8.91. The van der Waals surface area contributed by atoms with Gasteiger partial charge < -0.3 is 31.2 Å². The minimum Gasteiger partial charge on any atom is -0.504 e. The fourth-order valence-corrected chi connectivity index (χ4v) is 6.63. The average molecular weight is 634 g/mol. The molecule has 3 aromatic rings. The van der Waals surface area contributed by atoms with Gasteiger partial charge in [-0.05, 0) is 24.4 Å². The van der Waals surface area contributed by atoms with E-state index in [1.165, 1.54) is 35.7 Å². The Labute approximate surface area is 250 Å². The number of thioether (sulfide) groups is 1. The number of carboxylic acid groups (broad SMARTS) is 1. The molecule has 2 aliphatic rings. The van der Waals surface area contributed by atoms with Crippen LogP contribution in [0, 0.1) is 0 Å². The van der Waals surface area contributed by atoms with Crippen LogP contribution in [0.2, 0.25) is 4.34 Å². The number of carbonyl (C=O) groups is 4.